The van der Waals surface area contributed by atoms with Crippen molar-refractivity contribution in [3.05, 3.63) is 36.4 Å². The smallest absolute Gasteiger partial charge is 0.295 e. The monoisotopic (exact) mass is 289 g/mol. The molecule has 0 radical (unpaired) electrons. The van der Waals surface area contributed by atoms with E-state index < -0.39 is 10.1 Å². The van der Waals surface area contributed by atoms with Gasteiger partial charge in [-0.15, -0.1) is 0 Å². The molecule has 20 heavy (non-hydrogen) atoms. The van der Waals surface area contributed by atoms with Crippen molar-refractivity contribution in [2.24, 2.45) is 0 Å². The molecule has 6 nitrogen and oxygen atoms in total. The van der Waals surface area contributed by atoms with E-state index in [1.54, 1.807) is 30.3 Å². The fourth-order valence-electron chi connectivity index (χ4n) is 2.15. The molecule has 1 heterocycles. The summed E-state index contributed by atoms with van der Waals surface area (Å²) in [6.07, 6.45) is 0. The summed E-state index contributed by atoms with van der Waals surface area (Å²) < 4.78 is 32.2. The molecule has 0 aliphatic heterocycles. The summed E-state index contributed by atoms with van der Waals surface area (Å²) in [6, 6.07) is 9.52. The number of nitrogens with two attached hydrogens (primary N) is 2. The Bertz CT molecular complexity index is 952. The fraction of sp³-hybridized carbons (Fsp3) is 0. The van der Waals surface area contributed by atoms with Crippen molar-refractivity contribution in [3.8, 4) is 0 Å². The van der Waals surface area contributed by atoms with Crippen molar-refractivity contribution in [1.29, 1.82) is 0 Å². The van der Waals surface area contributed by atoms with Gasteiger partial charge in [0.05, 0.1) is 11.0 Å². The van der Waals surface area contributed by atoms with Crippen molar-refractivity contribution in [2.45, 2.75) is 4.90 Å². The Morgan fingerprint density at radius 3 is 2.35 bits per heavy atom. The molecule has 0 unspecified atom stereocenters. The second-order valence-electron chi connectivity index (χ2n) is 4.50. The van der Waals surface area contributed by atoms with Crippen LogP contribution in [0.2, 0.25) is 0 Å². The van der Waals surface area contributed by atoms with E-state index >= 15 is 0 Å². The first-order chi connectivity index (χ1) is 9.34. The van der Waals surface area contributed by atoms with Gasteiger partial charge in [-0.2, -0.15) is 8.42 Å². The van der Waals surface area contributed by atoms with Gasteiger partial charge >= 0.3 is 0 Å². The standard InChI is InChI=1S/C13H11N3O3S/c14-8-2-1-7-3-10-12(16-11(7)4-8)5-9(15)6-13(10)20(17,18)19/h1-6H,14-15H2,(H,17,18,19). The molecular formula is C13H11N3O3S. The van der Waals surface area contributed by atoms with Crippen LogP contribution in [0.5, 0.6) is 0 Å². The molecule has 0 bridgehead atoms. The molecule has 7 heteroatoms. The molecule has 0 aliphatic rings. The number of nitrogen functional groups attached to an aromatic ring is 2. The molecule has 0 saturated heterocycles. The van der Waals surface area contributed by atoms with E-state index in [1.165, 1.54) is 6.07 Å². The van der Waals surface area contributed by atoms with Crippen LogP contribution in [0.25, 0.3) is 21.8 Å². The third-order valence-electron chi connectivity index (χ3n) is 3.02. The Hall–Kier alpha value is -2.38. The Balaban J connectivity index is 2.51. The summed E-state index contributed by atoms with van der Waals surface area (Å²) in [5.74, 6) is 0. The van der Waals surface area contributed by atoms with Gasteiger partial charge in [0.1, 0.15) is 4.90 Å². The van der Waals surface area contributed by atoms with Gasteiger partial charge in [0.2, 0.25) is 0 Å². The second-order valence-corrected chi connectivity index (χ2v) is 5.89. The third-order valence-corrected chi connectivity index (χ3v) is 3.91. The topological polar surface area (TPSA) is 119 Å². The molecule has 1 aromatic heterocycles. The lowest BCUT2D eigenvalue weighted by Gasteiger charge is -2.07. The normalized spacial score (nSPS) is 12.1. The number of aromatic nitrogens is 1. The Labute approximate surface area is 114 Å². The minimum atomic E-state index is -4.37. The number of hydrogen-bond acceptors (Lipinski definition) is 5. The number of nitrogens with zero attached hydrogens (tertiary/aromatic N) is 1. The molecular weight excluding hydrogens is 278 g/mol. The van der Waals surface area contributed by atoms with Crippen molar-refractivity contribution >= 4 is 43.3 Å². The van der Waals surface area contributed by atoms with Gasteiger partial charge in [0.25, 0.3) is 10.1 Å². The zero-order valence-corrected chi connectivity index (χ0v) is 11.1. The van der Waals surface area contributed by atoms with Crippen molar-refractivity contribution < 1.29 is 13.0 Å². The number of benzene rings is 2. The van der Waals surface area contributed by atoms with Gasteiger partial charge in [-0.3, -0.25) is 4.55 Å². The molecule has 3 aromatic rings. The largest absolute Gasteiger partial charge is 0.399 e. The highest BCUT2D eigenvalue weighted by Gasteiger charge is 2.16. The molecule has 2 aromatic carbocycles. The molecule has 0 atom stereocenters. The molecule has 0 aliphatic carbocycles. The summed E-state index contributed by atoms with van der Waals surface area (Å²) in [5.41, 5.74) is 13.1. The molecule has 5 N–H and O–H groups in total. The first kappa shape index (κ1) is 12.6. The second kappa shape index (κ2) is 4.06. The average Bonchev–Trinajstić information content (AvgIpc) is 2.34. The van der Waals surface area contributed by atoms with Crippen LogP contribution in [0, 0.1) is 0 Å². The minimum absolute atomic E-state index is 0.209. The summed E-state index contributed by atoms with van der Waals surface area (Å²) >= 11 is 0. The van der Waals surface area contributed by atoms with Crippen LogP contribution in [-0.4, -0.2) is 18.0 Å². The molecule has 0 spiro atoms. The minimum Gasteiger partial charge on any atom is -0.399 e. The lowest BCUT2D eigenvalue weighted by atomic mass is 10.1. The van der Waals surface area contributed by atoms with Crippen LogP contribution >= 0.6 is 0 Å². The Morgan fingerprint density at radius 1 is 0.950 bits per heavy atom. The Morgan fingerprint density at radius 2 is 1.65 bits per heavy atom. The lowest BCUT2D eigenvalue weighted by molar-refractivity contribution is 0.484. The lowest BCUT2D eigenvalue weighted by Crippen LogP contribution is -2.01. The maximum absolute atomic E-state index is 11.4. The van der Waals surface area contributed by atoms with E-state index in [-0.39, 0.29) is 10.6 Å². The van der Waals surface area contributed by atoms with E-state index in [0.29, 0.717) is 22.1 Å². The number of hydrogen-bond donors (Lipinski definition) is 3. The number of rotatable bonds is 1. The van der Waals surface area contributed by atoms with Gasteiger partial charge in [-0.25, -0.2) is 4.98 Å². The van der Waals surface area contributed by atoms with E-state index in [9.17, 15) is 13.0 Å². The molecule has 0 amide bonds. The van der Waals surface area contributed by atoms with Crippen LogP contribution in [0.3, 0.4) is 0 Å². The number of fused-ring (bicyclic) bond motifs is 2. The van der Waals surface area contributed by atoms with Gasteiger partial charge in [0.15, 0.2) is 0 Å². The highest BCUT2D eigenvalue weighted by molar-refractivity contribution is 7.86. The van der Waals surface area contributed by atoms with Crippen LogP contribution in [-0.2, 0) is 10.1 Å². The molecule has 102 valence electrons. The van der Waals surface area contributed by atoms with Crippen LogP contribution in [0.15, 0.2) is 41.3 Å². The highest BCUT2D eigenvalue weighted by atomic mass is 32.2. The van der Waals surface area contributed by atoms with Gasteiger partial charge in [-0.1, -0.05) is 6.07 Å². The van der Waals surface area contributed by atoms with Crippen LogP contribution in [0.4, 0.5) is 11.4 Å². The van der Waals surface area contributed by atoms with E-state index in [4.69, 9.17) is 11.5 Å². The summed E-state index contributed by atoms with van der Waals surface area (Å²) in [5, 5.41) is 1.04. The Kier molecular flexibility index (Phi) is 2.56. The van der Waals surface area contributed by atoms with Gasteiger partial charge < -0.3 is 11.5 Å². The van der Waals surface area contributed by atoms with E-state index in [1.807, 2.05) is 0 Å². The number of pyridine rings is 1. The van der Waals surface area contributed by atoms with Crippen LogP contribution < -0.4 is 11.5 Å². The zero-order chi connectivity index (χ0) is 14.5. The van der Waals surface area contributed by atoms with Gasteiger partial charge in [-0.05, 0) is 30.3 Å². The SMILES string of the molecule is Nc1ccc2cc3c(S(=O)(=O)O)cc(N)cc3nc2c1. The maximum atomic E-state index is 11.4. The van der Waals surface area contributed by atoms with E-state index in [2.05, 4.69) is 4.98 Å². The average molecular weight is 289 g/mol. The fourth-order valence-corrected chi connectivity index (χ4v) is 2.87. The summed E-state index contributed by atoms with van der Waals surface area (Å²) in [6.45, 7) is 0. The predicted octanol–water partition coefficient (Wildman–Crippen LogP) is 1.80. The van der Waals surface area contributed by atoms with Crippen molar-refractivity contribution in [1.82, 2.24) is 4.98 Å². The first-order valence-electron chi connectivity index (χ1n) is 5.71. The van der Waals surface area contributed by atoms with Crippen molar-refractivity contribution in [3.63, 3.8) is 0 Å². The molecule has 0 saturated carbocycles. The zero-order valence-electron chi connectivity index (χ0n) is 10.2. The quantitative estimate of drug-likeness (QED) is 0.357. The summed E-state index contributed by atoms with van der Waals surface area (Å²) in [4.78, 5) is 4.09. The van der Waals surface area contributed by atoms with Crippen molar-refractivity contribution in [2.75, 3.05) is 11.5 Å². The molecule has 0 fully saturated rings. The summed E-state index contributed by atoms with van der Waals surface area (Å²) in [7, 11) is -4.37. The molecule has 3 rings (SSSR count). The number of anilines is 2. The third kappa shape index (κ3) is 2.02. The van der Waals surface area contributed by atoms with Gasteiger partial charge in [0, 0.05) is 22.1 Å². The predicted molar refractivity (Wildman–Crippen MR) is 77.9 cm³/mol. The highest BCUT2D eigenvalue weighted by Crippen LogP contribution is 2.28. The first-order valence-corrected chi connectivity index (χ1v) is 7.15. The van der Waals surface area contributed by atoms with Crippen LogP contribution in [0.1, 0.15) is 0 Å². The maximum Gasteiger partial charge on any atom is 0.295 e. The van der Waals surface area contributed by atoms with E-state index in [0.717, 1.165) is 5.39 Å².